The van der Waals surface area contributed by atoms with Crippen molar-refractivity contribution in [2.45, 2.75) is 13.3 Å². The van der Waals surface area contributed by atoms with Gasteiger partial charge >= 0.3 is 45.3 Å². The van der Waals surface area contributed by atoms with E-state index in [1.54, 1.807) is 0 Å². The summed E-state index contributed by atoms with van der Waals surface area (Å²) in [6, 6.07) is 0. The summed E-state index contributed by atoms with van der Waals surface area (Å²) in [5.74, 6) is 0. The van der Waals surface area contributed by atoms with E-state index in [-0.39, 0.29) is 0 Å². The van der Waals surface area contributed by atoms with Crippen molar-refractivity contribution in [3.8, 4) is 0 Å². The average molecular weight is 204 g/mol. The Morgan fingerprint density at radius 2 is 2.00 bits per heavy atom. The molecule has 0 aliphatic rings. The Hall–Kier alpha value is 0.650. The summed E-state index contributed by atoms with van der Waals surface area (Å²) in [6.45, 7) is 1.94. The second-order valence-corrected chi connectivity index (χ2v) is 3.88. The van der Waals surface area contributed by atoms with Crippen molar-refractivity contribution >= 4 is 20.6 Å². The molecule has 0 aliphatic heterocycles. The number of hydrogen-bond acceptors (Lipinski definition) is 2. The van der Waals surface area contributed by atoms with Crippen LogP contribution in [0.5, 0.6) is 0 Å². The Kier molecular flexibility index (Phi) is 4.24. The van der Waals surface area contributed by atoms with E-state index in [2.05, 4.69) is 0 Å². The van der Waals surface area contributed by atoms with Crippen molar-refractivity contribution in [1.29, 1.82) is 0 Å². The number of halogens is 1. The van der Waals surface area contributed by atoms with Gasteiger partial charge in [0, 0.05) is 0 Å². The molecule has 0 amide bonds. The zero-order chi connectivity index (χ0) is 4.99. The number of rotatable bonds is 2. The molecular weight excluding hydrogens is 195 g/mol. The molecule has 2 nitrogen and oxygen atoms in total. The van der Waals surface area contributed by atoms with Crippen LogP contribution in [-0.4, -0.2) is 11.3 Å². The average Bonchev–Trinajstić information content (AvgIpc) is 1.35. The van der Waals surface area contributed by atoms with Gasteiger partial charge in [-0.15, -0.1) is 0 Å². The van der Waals surface area contributed by atoms with Crippen molar-refractivity contribution in [3.05, 3.63) is 0 Å². The third kappa shape index (κ3) is 4.65. The van der Waals surface area contributed by atoms with Crippen LogP contribution in [-0.2, 0) is 0 Å². The van der Waals surface area contributed by atoms with E-state index >= 15 is 0 Å². The molecule has 0 aliphatic carbocycles. The van der Waals surface area contributed by atoms with Gasteiger partial charge in [-0.05, 0) is 0 Å². The molecule has 6 heavy (non-hydrogen) atoms. The van der Waals surface area contributed by atoms with Crippen molar-refractivity contribution < 1.29 is 6.87 Å². The van der Waals surface area contributed by atoms with Gasteiger partial charge < -0.3 is 0 Å². The maximum absolute atomic E-state index is 8.26. The zero-order valence-corrected chi connectivity index (χ0v) is 5.84. The molecule has 0 aromatic rings. The summed E-state index contributed by atoms with van der Waals surface area (Å²) in [4.78, 5) is 0. The third-order valence-corrected chi connectivity index (χ3v) is 2.40. The third-order valence-electron chi connectivity index (χ3n) is 0.358. The van der Waals surface area contributed by atoms with E-state index < -0.39 is 20.6 Å². The minimum atomic E-state index is -2.31. The van der Waals surface area contributed by atoms with Gasteiger partial charge in [0.2, 0.25) is 0 Å². The first-order valence-electron chi connectivity index (χ1n) is 1.81. The van der Waals surface area contributed by atoms with Crippen LogP contribution in [0.2, 0.25) is 0 Å². The molecule has 3 heteroatoms. The Morgan fingerprint density at radius 1 is 1.50 bits per heavy atom. The van der Waals surface area contributed by atoms with Crippen LogP contribution in [0.15, 0.2) is 0 Å². The molecule has 0 saturated heterocycles. The monoisotopic (exact) mass is 204 g/mol. The van der Waals surface area contributed by atoms with Crippen molar-refractivity contribution in [2.24, 2.45) is 0 Å². The number of alkyl halides is 1. The quantitative estimate of drug-likeness (QED) is 0.513. The van der Waals surface area contributed by atoms with Crippen LogP contribution in [0.4, 0.5) is 0 Å². The molecule has 2 N–H and O–H groups in total. The van der Waals surface area contributed by atoms with Crippen molar-refractivity contribution in [1.82, 2.24) is 0 Å². The topological polar surface area (TPSA) is 40.5 Å². The fourth-order valence-electron chi connectivity index (χ4n) is 0.169. The van der Waals surface area contributed by atoms with E-state index in [9.17, 15) is 0 Å². The van der Waals surface area contributed by atoms with Gasteiger partial charge in [0.05, 0.1) is 0 Å². The summed E-state index contributed by atoms with van der Waals surface area (Å²) in [5.41, 5.74) is 0. The van der Waals surface area contributed by atoms with Gasteiger partial charge in [0.25, 0.3) is 0 Å². The first-order chi connectivity index (χ1) is 2.77. The molecule has 0 atom stereocenters. The van der Waals surface area contributed by atoms with Gasteiger partial charge in [-0.1, -0.05) is 0 Å². The summed E-state index contributed by atoms with van der Waals surface area (Å²) >= 11 is -2.31. The normalized spacial score (nSPS) is 11.5. The summed E-state index contributed by atoms with van der Waals surface area (Å²) in [7, 11) is 0. The molecule has 0 aromatic heterocycles. The van der Waals surface area contributed by atoms with Gasteiger partial charge in [0.1, 0.15) is 0 Å². The second-order valence-electron chi connectivity index (χ2n) is 1.00. The molecule has 0 heterocycles. The first kappa shape index (κ1) is 6.65. The first-order valence-corrected chi connectivity index (χ1v) is 5.27. The number of hydrogen-bond donors (Lipinski definition) is 2. The molecule has 0 bridgehead atoms. The predicted molar refractivity (Wildman–Crippen MR) is 33.6 cm³/mol. The van der Waals surface area contributed by atoms with Crippen molar-refractivity contribution in [3.63, 3.8) is 0 Å². The molecule has 0 unspecified atom stereocenters. The van der Waals surface area contributed by atoms with Crippen LogP contribution in [0, 0.1) is 0 Å². The predicted octanol–water partition coefficient (Wildman–Crippen LogP) is 0.717. The van der Waals surface area contributed by atoms with Gasteiger partial charge in [0.15, 0.2) is 0 Å². The minimum absolute atomic E-state index is 0.643. The standard InChI is InChI=1S/C3H9IO2/c1-2-3-4(5)6/h5-6H,2-3H2,1H3. The SMILES string of the molecule is CCCI(O)O. The summed E-state index contributed by atoms with van der Waals surface area (Å²) in [6.07, 6.45) is 0.901. The molecule has 40 valence electrons. The van der Waals surface area contributed by atoms with Gasteiger partial charge in [-0.25, -0.2) is 0 Å². The van der Waals surface area contributed by atoms with Gasteiger partial charge in [-0.3, -0.25) is 0 Å². The van der Waals surface area contributed by atoms with E-state index in [0.29, 0.717) is 4.43 Å². The fraction of sp³-hybridized carbons (Fsp3) is 1.00. The van der Waals surface area contributed by atoms with E-state index in [1.807, 2.05) is 6.92 Å². The van der Waals surface area contributed by atoms with Crippen LogP contribution in [0.1, 0.15) is 13.3 Å². The Labute approximate surface area is 45.7 Å². The second kappa shape index (κ2) is 3.83. The molecule has 0 radical (unpaired) electrons. The van der Waals surface area contributed by atoms with E-state index in [1.165, 1.54) is 0 Å². The molecule has 0 saturated carbocycles. The zero-order valence-electron chi connectivity index (χ0n) is 3.69. The summed E-state index contributed by atoms with van der Waals surface area (Å²) in [5, 5.41) is 0. The van der Waals surface area contributed by atoms with E-state index in [0.717, 1.165) is 6.42 Å². The molecule has 0 aromatic carbocycles. The van der Waals surface area contributed by atoms with E-state index in [4.69, 9.17) is 6.87 Å². The molecule has 0 fully saturated rings. The van der Waals surface area contributed by atoms with Gasteiger partial charge in [-0.2, -0.15) is 0 Å². The maximum atomic E-state index is 8.26. The van der Waals surface area contributed by atoms with Crippen LogP contribution in [0.3, 0.4) is 0 Å². The van der Waals surface area contributed by atoms with Crippen LogP contribution in [0.25, 0.3) is 0 Å². The Morgan fingerprint density at radius 3 is 2.00 bits per heavy atom. The molecular formula is C3H9IO2. The Balaban J connectivity index is 2.63. The van der Waals surface area contributed by atoms with Crippen LogP contribution >= 0.6 is 20.6 Å². The van der Waals surface area contributed by atoms with Crippen LogP contribution < -0.4 is 0 Å². The molecule has 0 rings (SSSR count). The van der Waals surface area contributed by atoms with Crippen molar-refractivity contribution in [2.75, 3.05) is 4.43 Å². The fourth-order valence-corrected chi connectivity index (χ4v) is 1.13. The molecule has 0 spiro atoms. The Bertz CT molecular complexity index is 30.0. The summed E-state index contributed by atoms with van der Waals surface area (Å²) < 4.78 is 17.2.